The number of hydrogen-bond donors (Lipinski definition) is 2. The van der Waals surface area contributed by atoms with Gasteiger partial charge in [0, 0.05) is 24.3 Å². The maximum absolute atomic E-state index is 13.0. The molecule has 0 saturated carbocycles. The number of hydrogen-bond acceptors (Lipinski definition) is 5. The molecule has 8 heteroatoms. The number of carbonyl (C=O) groups excluding carboxylic acids is 2. The number of amides is 1. The van der Waals surface area contributed by atoms with Crippen LogP contribution in [0.15, 0.2) is 47.4 Å². The Labute approximate surface area is 177 Å². The molecule has 1 aliphatic heterocycles. The summed E-state index contributed by atoms with van der Waals surface area (Å²) in [6.45, 7) is 4.24. The Hall–Kier alpha value is -2.71. The van der Waals surface area contributed by atoms with Crippen molar-refractivity contribution in [2.45, 2.75) is 38.0 Å². The highest BCUT2D eigenvalue weighted by atomic mass is 32.2. The number of Topliss-reactive ketones (excluding diaryl/α,β-unsaturated/α-hetero) is 1. The highest BCUT2D eigenvalue weighted by Crippen LogP contribution is 2.26. The predicted molar refractivity (Wildman–Crippen MR) is 117 cm³/mol. The number of carbonyl (C=O) groups is 2. The molecule has 0 aromatic heterocycles. The second-order valence-corrected chi connectivity index (χ2v) is 9.35. The summed E-state index contributed by atoms with van der Waals surface area (Å²) in [6, 6.07) is 11.9. The Morgan fingerprint density at radius 1 is 1.03 bits per heavy atom. The van der Waals surface area contributed by atoms with Crippen LogP contribution in [0.1, 0.15) is 42.1 Å². The lowest BCUT2D eigenvalue weighted by molar-refractivity contribution is -0.114. The summed E-state index contributed by atoms with van der Waals surface area (Å²) in [5.74, 6) is -0.463. The molecule has 1 heterocycles. The number of nitrogens with zero attached hydrogens (tertiary/aromatic N) is 1. The van der Waals surface area contributed by atoms with Crippen molar-refractivity contribution in [1.29, 1.82) is 0 Å². The maximum Gasteiger partial charge on any atom is 0.243 e. The van der Waals surface area contributed by atoms with Gasteiger partial charge < -0.3 is 10.6 Å². The van der Waals surface area contributed by atoms with Gasteiger partial charge in [0.1, 0.15) is 0 Å². The van der Waals surface area contributed by atoms with Gasteiger partial charge in [-0.15, -0.1) is 0 Å². The summed E-state index contributed by atoms with van der Waals surface area (Å²) < 4.78 is 27.6. The van der Waals surface area contributed by atoms with E-state index < -0.39 is 10.0 Å². The summed E-state index contributed by atoms with van der Waals surface area (Å²) in [6.07, 6.45) is 2.80. The van der Waals surface area contributed by atoms with Crippen molar-refractivity contribution in [3.8, 4) is 0 Å². The first kappa shape index (κ1) is 22.0. The standard InChI is InChI=1S/C22H27N3O4S/c1-16-10-11-18(14-21(16)30(28,29)25-12-6-3-7-13-25)23-15-22(27)24-20-9-5-4-8-19(20)17(2)26/h4-5,8-11,14,23H,3,6-7,12-13,15H2,1-2H3,(H,24,27). The number of anilines is 2. The van der Waals surface area contributed by atoms with Gasteiger partial charge in [0.25, 0.3) is 0 Å². The van der Waals surface area contributed by atoms with E-state index in [1.165, 1.54) is 11.2 Å². The van der Waals surface area contributed by atoms with Crippen molar-refractivity contribution in [2.75, 3.05) is 30.3 Å². The molecule has 2 aromatic rings. The second-order valence-electron chi connectivity index (χ2n) is 7.45. The summed E-state index contributed by atoms with van der Waals surface area (Å²) in [4.78, 5) is 24.3. The molecule has 30 heavy (non-hydrogen) atoms. The van der Waals surface area contributed by atoms with Crippen LogP contribution in [0, 0.1) is 6.92 Å². The fourth-order valence-corrected chi connectivity index (χ4v) is 5.28. The van der Waals surface area contributed by atoms with Gasteiger partial charge in [-0.05, 0) is 56.5 Å². The van der Waals surface area contributed by atoms with Crippen molar-refractivity contribution in [3.05, 3.63) is 53.6 Å². The van der Waals surface area contributed by atoms with Gasteiger partial charge in [0.2, 0.25) is 15.9 Å². The molecule has 0 spiro atoms. The smallest absolute Gasteiger partial charge is 0.243 e. The lowest BCUT2D eigenvalue weighted by Gasteiger charge is -2.26. The van der Waals surface area contributed by atoms with Crippen LogP contribution in [0.5, 0.6) is 0 Å². The lowest BCUT2D eigenvalue weighted by Crippen LogP contribution is -2.36. The van der Waals surface area contributed by atoms with Crippen molar-refractivity contribution < 1.29 is 18.0 Å². The lowest BCUT2D eigenvalue weighted by atomic mass is 10.1. The van der Waals surface area contributed by atoms with E-state index in [-0.39, 0.29) is 23.1 Å². The SMILES string of the molecule is CC(=O)c1ccccc1NC(=O)CNc1ccc(C)c(S(=O)(=O)N2CCCCC2)c1. The highest BCUT2D eigenvalue weighted by Gasteiger charge is 2.27. The molecule has 1 saturated heterocycles. The van der Waals surface area contributed by atoms with Gasteiger partial charge in [0.05, 0.1) is 17.1 Å². The minimum atomic E-state index is -3.56. The van der Waals surface area contributed by atoms with Crippen LogP contribution in [0.4, 0.5) is 11.4 Å². The number of rotatable bonds is 7. The Bertz CT molecular complexity index is 1040. The summed E-state index contributed by atoms with van der Waals surface area (Å²) >= 11 is 0. The van der Waals surface area contributed by atoms with Gasteiger partial charge in [-0.25, -0.2) is 8.42 Å². The molecule has 0 atom stereocenters. The van der Waals surface area contributed by atoms with E-state index >= 15 is 0 Å². The van der Waals surface area contributed by atoms with Gasteiger partial charge in [-0.1, -0.05) is 24.6 Å². The van der Waals surface area contributed by atoms with Gasteiger partial charge >= 0.3 is 0 Å². The van der Waals surface area contributed by atoms with E-state index in [0.717, 1.165) is 19.3 Å². The molecule has 7 nitrogen and oxygen atoms in total. The Balaban J connectivity index is 1.70. The zero-order valence-corrected chi connectivity index (χ0v) is 18.1. The molecule has 0 aliphatic carbocycles. The van der Waals surface area contributed by atoms with Gasteiger partial charge in [-0.2, -0.15) is 4.31 Å². The van der Waals surface area contributed by atoms with Crippen molar-refractivity contribution in [2.24, 2.45) is 0 Å². The topological polar surface area (TPSA) is 95.6 Å². The fraction of sp³-hybridized carbons (Fsp3) is 0.364. The Morgan fingerprint density at radius 3 is 2.43 bits per heavy atom. The first-order valence-corrected chi connectivity index (χ1v) is 11.5. The highest BCUT2D eigenvalue weighted by molar-refractivity contribution is 7.89. The molecule has 1 amide bonds. The van der Waals surface area contributed by atoms with E-state index in [9.17, 15) is 18.0 Å². The summed E-state index contributed by atoms with van der Waals surface area (Å²) in [5, 5.41) is 5.70. The van der Waals surface area contributed by atoms with E-state index in [0.29, 0.717) is 35.6 Å². The zero-order valence-electron chi connectivity index (χ0n) is 17.3. The molecule has 1 aliphatic rings. The van der Waals surface area contributed by atoms with Crippen LogP contribution >= 0.6 is 0 Å². The van der Waals surface area contributed by atoms with E-state index in [2.05, 4.69) is 10.6 Å². The first-order valence-electron chi connectivity index (χ1n) is 10.0. The minimum absolute atomic E-state index is 0.0570. The van der Waals surface area contributed by atoms with Gasteiger partial charge in [-0.3, -0.25) is 9.59 Å². The average Bonchev–Trinajstić information content (AvgIpc) is 2.74. The van der Waals surface area contributed by atoms with E-state index in [1.54, 1.807) is 49.4 Å². The number of ketones is 1. The van der Waals surface area contributed by atoms with Crippen LogP contribution in [0.2, 0.25) is 0 Å². The molecule has 160 valence electrons. The maximum atomic E-state index is 13.0. The van der Waals surface area contributed by atoms with Crippen molar-refractivity contribution >= 4 is 33.1 Å². The minimum Gasteiger partial charge on any atom is -0.376 e. The monoisotopic (exact) mass is 429 g/mol. The Morgan fingerprint density at radius 2 is 1.73 bits per heavy atom. The number of aryl methyl sites for hydroxylation is 1. The number of benzene rings is 2. The molecule has 0 bridgehead atoms. The van der Waals surface area contributed by atoms with Crippen LogP contribution < -0.4 is 10.6 Å². The molecular formula is C22H27N3O4S. The molecule has 0 unspecified atom stereocenters. The number of nitrogens with one attached hydrogen (secondary N) is 2. The second kappa shape index (κ2) is 9.40. The molecule has 3 rings (SSSR count). The summed E-state index contributed by atoms with van der Waals surface area (Å²) in [5.41, 5.74) is 2.11. The quantitative estimate of drug-likeness (QED) is 0.658. The van der Waals surface area contributed by atoms with Crippen LogP contribution in [0.25, 0.3) is 0 Å². The van der Waals surface area contributed by atoms with E-state index in [4.69, 9.17) is 0 Å². The molecule has 2 aromatic carbocycles. The van der Waals surface area contributed by atoms with Crippen LogP contribution in [-0.4, -0.2) is 44.0 Å². The summed E-state index contributed by atoms with van der Waals surface area (Å²) in [7, 11) is -3.56. The van der Waals surface area contributed by atoms with Gasteiger partial charge in [0.15, 0.2) is 5.78 Å². The average molecular weight is 430 g/mol. The molecule has 0 radical (unpaired) electrons. The fourth-order valence-electron chi connectivity index (χ4n) is 3.51. The van der Waals surface area contributed by atoms with E-state index in [1.807, 2.05) is 0 Å². The molecular weight excluding hydrogens is 402 g/mol. The van der Waals surface area contributed by atoms with Crippen molar-refractivity contribution in [3.63, 3.8) is 0 Å². The van der Waals surface area contributed by atoms with Crippen LogP contribution in [0.3, 0.4) is 0 Å². The largest absolute Gasteiger partial charge is 0.376 e. The third kappa shape index (κ3) is 5.06. The third-order valence-corrected chi connectivity index (χ3v) is 7.20. The van der Waals surface area contributed by atoms with Crippen molar-refractivity contribution in [1.82, 2.24) is 4.31 Å². The number of para-hydroxylation sites is 1. The molecule has 1 fully saturated rings. The Kier molecular flexibility index (Phi) is 6.89. The first-order chi connectivity index (χ1) is 14.3. The van der Waals surface area contributed by atoms with Crippen LogP contribution in [-0.2, 0) is 14.8 Å². The third-order valence-electron chi connectivity index (χ3n) is 5.15. The zero-order chi connectivity index (χ0) is 21.7. The normalized spacial score (nSPS) is 14.9. The number of piperidine rings is 1. The molecule has 2 N–H and O–H groups in total. The predicted octanol–water partition coefficient (Wildman–Crippen LogP) is 3.42. The number of sulfonamides is 1.